The number of anilines is 1. The molecule has 7 heteroatoms. The van der Waals surface area contributed by atoms with Crippen LogP contribution in [0.2, 0.25) is 0 Å². The first-order valence-corrected chi connectivity index (χ1v) is 10.1. The fourth-order valence-corrected chi connectivity index (χ4v) is 3.78. The van der Waals surface area contributed by atoms with Crippen molar-refractivity contribution in [2.75, 3.05) is 11.4 Å². The number of carbonyl (C=O) groups excluding carboxylic acids is 2. The van der Waals surface area contributed by atoms with Crippen LogP contribution in [0.1, 0.15) is 51.2 Å². The van der Waals surface area contributed by atoms with E-state index in [2.05, 4.69) is 0 Å². The van der Waals surface area contributed by atoms with Gasteiger partial charge in [0.2, 0.25) is 6.54 Å². The lowest BCUT2D eigenvalue weighted by atomic mass is 9.89. The second-order valence-corrected chi connectivity index (χ2v) is 8.62. The van der Waals surface area contributed by atoms with Crippen LogP contribution in [0.5, 0.6) is 0 Å². The Morgan fingerprint density at radius 3 is 2.32 bits per heavy atom. The van der Waals surface area contributed by atoms with Crippen LogP contribution in [0.15, 0.2) is 60.2 Å². The number of amides is 2. The lowest BCUT2D eigenvalue weighted by Crippen LogP contribution is -2.38. The molecule has 0 spiro atoms. The summed E-state index contributed by atoms with van der Waals surface area (Å²) >= 11 is 0. The molecular weight excluding hydrogens is 396 g/mol. The van der Waals surface area contributed by atoms with Gasteiger partial charge in [0.25, 0.3) is 5.91 Å². The quantitative estimate of drug-likeness (QED) is 0.376. The monoisotopic (exact) mass is 422 g/mol. The average molecular weight is 422 g/mol. The summed E-state index contributed by atoms with van der Waals surface area (Å²) in [5.74, 6) is -0.861. The molecule has 31 heavy (non-hydrogen) atoms. The first-order valence-electron chi connectivity index (χ1n) is 10.1. The molecular formula is C24H26N2O5. The summed E-state index contributed by atoms with van der Waals surface area (Å²) in [6.45, 7) is 6.75. The van der Waals surface area contributed by atoms with Gasteiger partial charge in [-0.25, -0.2) is 9.69 Å². The number of imide groups is 1. The van der Waals surface area contributed by atoms with E-state index in [1.807, 2.05) is 30.3 Å². The van der Waals surface area contributed by atoms with Gasteiger partial charge in [-0.05, 0) is 45.7 Å². The Labute approximate surface area is 181 Å². The maximum atomic E-state index is 13.3. The van der Waals surface area contributed by atoms with Crippen LogP contribution in [0.3, 0.4) is 0 Å². The number of hydrogen-bond donors (Lipinski definition) is 0. The van der Waals surface area contributed by atoms with Crippen LogP contribution in [-0.4, -0.2) is 29.1 Å². The highest BCUT2D eigenvalue weighted by Crippen LogP contribution is 2.41. The van der Waals surface area contributed by atoms with Gasteiger partial charge in [0.05, 0.1) is 11.6 Å². The van der Waals surface area contributed by atoms with Crippen molar-refractivity contribution in [2.45, 2.75) is 45.6 Å². The van der Waals surface area contributed by atoms with E-state index in [9.17, 15) is 19.7 Å². The van der Waals surface area contributed by atoms with Crippen LogP contribution >= 0.6 is 0 Å². The van der Waals surface area contributed by atoms with Gasteiger partial charge in [0.15, 0.2) is 0 Å². The highest BCUT2D eigenvalue weighted by atomic mass is 16.6. The summed E-state index contributed by atoms with van der Waals surface area (Å²) in [5.41, 5.74) is 2.26. The van der Waals surface area contributed by atoms with E-state index in [-0.39, 0.29) is 17.4 Å². The first kappa shape index (κ1) is 22.2. The van der Waals surface area contributed by atoms with Gasteiger partial charge in [-0.1, -0.05) is 54.1 Å². The third kappa shape index (κ3) is 4.99. The van der Waals surface area contributed by atoms with E-state index in [0.29, 0.717) is 28.8 Å². The van der Waals surface area contributed by atoms with Crippen molar-refractivity contribution in [2.24, 2.45) is 0 Å². The third-order valence-electron chi connectivity index (χ3n) is 5.03. The Hall–Kier alpha value is -3.48. The van der Waals surface area contributed by atoms with Gasteiger partial charge >= 0.3 is 6.09 Å². The molecule has 7 nitrogen and oxygen atoms in total. The van der Waals surface area contributed by atoms with Crippen molar-refractivity contribution in [1.82, 2.24) is 0 Å². The molecule has 1 atom stereocenters. The summed E-state index contributed by atoms with van der Waals surface area (Å²) in [5, 5.41) is 11.3. The van der Waals surface area contributed by atoms with Gasteiger partial charge in [0.1, 0.15) is 5.60 Å². The summed E-state index contributed by atoms with van der Waals surface area (Å²) in [6, 6.07) is 16.3. The van der Waals surface area contributed by atoms with Crippen molar-refractivity contribution in [3.8, 4) is 0 Å². The van der Waals surface area contributed by atoms with Gasteiger partial charge in [0, 0.05) is 16.1 Å². The molecule has 1 aliphatic heterocycles. The molecule has 0 bridgehead atoms. The average Bonchev–Trinajstić information content (AvgIpc) is 2.98. The van der Waals surface area contributed by atoms with Crippen LogP contribution in [0.25, 0.3) is 5.57 Å². The lowest BCUT2D eigenvalue weighted by Gasteiger charge is -2.23. The largest absolute Gasteiger partial charge is 0.443 e. The van der Waals surface area contributed by atoms with Crippen LogP contribution in [0, 0.1) is 10.1 Å². The molecule has 1 heterocycles. The van der Waals surface area contributed by atoms with Crippen molar-refractivity contribution in [1.29, 1.82) is 0 Å². The third-order valence-corrected chi connectivity index (χ3v) is 5.03. The molecule has 162 valence electrons. The number of fused-ring (bicyclic) bond motifs is 1. The van der Waals surface area contributed by atoms with Crippen LogP contribution in [0.4, 0.5) is 10.5 Å². The molecule has 0 aromatic heterocycles. The minimum Gasteiger partial charge on any atom is -0.443 e. The van der Waals surface area contributed by atoms with E-state index >= 15 is 0 Å². The minimum atomic E-state index is -0.752. The zero-order chi connectivity index (χ0) is 22.8. The molecule has 0 fully saturated rings. The predicted octanol–water partition coefficient (Wildman–Crippen LogP) is 5.19. The van der Waals surface area contributed by atoms with Crippen molar-refractivity contribution < 1.29 is 19.2 Å². The van der Waals surface area contributed by atoms with E-state index in [4.69, 9.17) is 4.74 Å². The number of rotatable bonds is 5. The fourth-order valence-electron chi connectivity index (χ4n) is 3.78. The highest BCUT2D eigenvalue weighted by Gasteiger charge is 2.40. The van der Waals surface area contributed by atoms with Crippen molar-refractivity contribution in [3.05, 3.63) is 81.4 Å². The van der Waals surface area contributed by atoms with Gasteiger partial charge in [-0.3, -0.25) is 14.9 Å². The summed E-state index contributed by atoms with van der Waals surface area (Å²) in [7, 11) is 0. The second kappa shape index (κ2) is 8.71. The van der Waals surface area contributed by atoms with Crippen LogP contribution in [-0.2, 0) is 9.53 Å². The zero-order valence-corrected chi connectivity index (χ0v) is 18.1. The smallest absolute Gasteiger partial charge is 0.422 e. The highest BCUT2D eigenvalue weighted by molar-refractivity contribution is 6.39. The fraction of sp³-hybridized carbons (Fsp3) is 0.333. The Morgan fingerprint density at radius 2 is 1.71 bits per heavy atom. The van der Waals surface area contributed by atoms with Gasteiger partial charge in [-0.2, -0.15) is 0 Å². The number of carbonyl (C=O) groups is 2. The second-order valence-electron chi connectivity index (χ2n) is 8.62. The Kier molecular flexibility index (Phi) is 6.24. The van der Waals surface area contributed by atoms with E-state index in [1.54, 1.807) is 52.0 Å². The molecule has 0 unspecified atom stereocenters. The Balaban J connectivity index is 2.00. The predicted molar refractivity (Wildman–Crippen MR) is 118 cm³/mol. The van der Waals surface area contributed by atoms with E-state index < -0.39 is 17.6 Å². The molecule has 0 N–H and O–H groups in total. The van der Waals surface area contributed by atoms with Crippen molar-refractivity contribution in [3.63, 3.8) is 0 Å². The number of allylic oxidation sites excluding steroid dienone is 1. The van der Waals surface area contributed by atoms with Crippen molar-refractivity contribution >= 4 is 23.3 Å². The number of nitro groups is 1. The molecule has 0 aliphatic carbocycles. The zero-order valence-electron chi connectivity index (χ0n) is 18.1. The minimum absolute atomic E-state index is 0.250. The maximum absolute atomic E-state index is 13.3. The first-order chi connectivity index (χ1) is 14.6. The lowest BCUT2D eigenvalue weighted by molar-refractivity contribution is -0.483. The maximum Gasteiger partial charge on any atom is 0.422 e. The normalized spacial score (nSPS) is 16.0. The van der Waals surface area contributed by atoms with Crippen LogP contribution < -0.4 is 4.90 Å². The molecule has 1 aliphatic rings. The number of ether oxygens (including phenoxy) is 1. The molecule has 2 aromatic carbocycles. The summed E-state index contributed by atoms with van der Waals surface area (Å²) < 4.78 is 5.43. The number of hydrogen-bond acceptors (Lipinski definition) is 5. The van der Waals surface area contributed by atoms with Gasteiger partial charge in [-0.15, -0.1) is 0 Å². The Morgan fingerprint density at radius 1 is 1.10 bits per heavy atom. The summed E-state index contributed by atoms with van der Waals surface area (Å²) in [6.07, 6.45) is -0.416. The molecule has 0 saturated carbocycles. The summed E-state index contributed by atoms with van der Waals surface area (Å²) in [4.78, 5) is 38.0. The number of benzene rings is 2. The SMILES string of the molecule is C/C(C[C@@H](C[N+](=O)[O-])c1ccccc1)=C1/C(=O)N(C(=O)OC(C)(C)C)c2ccccc21. The molecule has 2 amide bonds. The molecule has 3 rings (SSSR count). The standard InChI is InChI=1S/C24H26N2O5/c1-16(14-18(15-25(29)30)17-10-6-5-7-11-17)21-19-12-8-9-13-20(19)26(22(21)27)23(28)31-24(2,3)4/h5-13,18H,14-15H2,1-4H3/b21-16-/t18-/m0/s1. The topological polar surface area (TPSA) is 89.8 Å². The number of para-hydroxylation sites is 1. The van der Waals surface area contributed by atoms with E-state index in [1.165, 1.54) is 0 Å². The van der Waals surface area contributed by atoms with E-state index in [0.717, 1.165) is 10.5 Å². The Bertz CT molecular complexity index is 1040. The molecule has 0 radical (unpaired) electrons. The van der Waals surface area contributed by atoms with Gasteiger partial charge < -0.3 is 4.74 Å². The molecule has 0 saturated heterocycles. The molecule has 2 aromatic rings. The number of nitrogens with zero attached hydrogens (tertiary/aromatic N) is 2.